The normalized spacial score (nSPS) is 18.5. The number of methoxy groups -OCH3 is 2. The Morgan fingerprint density at radius 2 is 2.32 bits per heavy atom. The molecule has 0 radical (unpaired) electrons. The molecule has 1 saturated heterocycles. The molecule has 1 aromatic heterocycles. The lowest BCUT2D eigenvalue weighted by Crippen LogP contribution is -2.47. The quantitative estimate of drug-likeness (QED) is 0.769. The number of pyridine rings is 1. The van der Waals surface area contributed by atoms with Crippen LogP contribution in [0.3, 0.4) is 0 Å². The molecule has 120 valence electrons. The highest BCUT2D eigenvalue weighted by Crippen LogP contribution is 2.17. The maximum atomic E-state index is 12.1. The molecule has 0 bridgehead atoms. The Balaban J connectivity index is 2.08. The Labute approximate surface area is 129 Å². The second kappa shape index (κ2) is 7.74. The third kappa shape index (κ3) is 3.94. The van der Waals surface area contributed by atoms with Crippen LogP contribution in [0.25, 0.3) is 0 Å². The van der Waals surface area contributed by atoms with E-state index < -0.39 is 18.1 Å². The van der Waals surface area contributed by atoms with Gasteiger partial charge in [-0.05, 0) is 18.9 Å². The van der Waals surface area contributed by atoms with Gasteiger partial charge in [0.2, 0.25) is 11.8 Å². The van der Waals surface area contributed by atoms with Crippen molar-refractivity contribution in [3.05, 3.63) is 23.9 Å². The van der Waals surface area contributed by atoms with Gasteiger partial charge in [0.1, 0.15) is 12.1 Å². The van der Waals surface area contributed by atoms with Crippen molar-refractivity contribution in [3.63, 3.8) is 0 Å². The van der Waals surface area contributed by atoms with Crippen molar-refractivity contribution >= 4 is 11.9 Å². The van der Waals surface area contributed by atoms with Crippen LogP contribution >= 0.6 is 0 Å². The van der Waals surface area contributed by atoms with Gasteiger partial charge in [-0.2, -0.15) is 0 Å². The average molecular weight is 308 g/mol. The summed E-state index contributed by atoms with van der Waals surface area (Å²) in [6, 6.07) is 2.73. The van der Waals surface area contributed by atoms with Crippen LogP contribution in [0.5, 0.6) is 5.88 Å². The smallest absolute Gasteiger partial charge is 0.328 e. The van der Waals surface area contributed by atoms with E-state index in [9.17, 15) is 9.59 Å². The van der Waals surface area contributed by atoms with Gasteiger partial charge in [-0.1, -0.05) is 6.07 Å². The lowest BCUT2D eigenvalue weighted by atomic mass is 10.1. The highest BCUT2D eigenvalue weighted by molar-refractivity contribution is 5.87. The molecule has 1 aliphatic heterocycles. The summed E-state index contributed by atoms with van der Waals surface area (Å²) < 4.78 is 15.3. The number of carbonyl (C=O) groups excluding carboxylic acids is 2. The molecule has 7 heteroatoms. The molecule has 0 spiro atoms. The summed E-state index contributed by atoms with van der Waals surface area (Å²) in [7, 11) is 2.79. The van der Waals surface area contributed by atoms with Crippen LogP contribution in [0, 0.1) is 0 Å². The molecule has 1 N–H and O–H groups in total. The first-order valence-electron chi connectivity index (χ1n) is 7.13. The zero-order chi connectivity index (χ0) is 15.9. The minimum atomic E-state index is -0.806. The Morgan fingerprint density at radius 1 is 1.50 bits per heavy atom. The number of ether oxygens (including phenoxy) is 3. The number of carbonyl (C=O) groups is 2. The van der Waals surface area contributed by atoms with Crippen LogP contribution in [0.1, 0.15) is 18.4 Å². The van der Waals surface area contributed by atoms with Crippen molar-refractivity contribution < 1.29 is 23.8 Å². The maximum absolute atomic E-state index is 12.1. The van der Waals surface area contributed by atoms with E-state index in [4.69, 9.17) is 14.2 Å². The van der Waals surface area contributed by atoms with Gasteiger partial charge in [-0.3, -0.25) is 4.79 Å². The fourth-order valence-corrected chi connectivity index (χ4v) is 2.37. The standard InChI is InChI=1S/C15H20N2O5/c1-20-14-10(5-3-7-16-14)9-11(15(19)21-2)17-13(18)12-6-4-8-22-12/h3,5,7,11-12H,4,6,8-9H2,1-2H3,(H,17,18)/t11-,12-/m1/s1. The molecule has 1 aliphatic rings. The molecule has 7 nitrogen and oxygen atoms in total. The summed E-state index contributed by atoms with van der Waals surface area (Å²) in [4.78, 5) is 28.1. The number of nitrogens with zero attached hydrogens (tertiary/aromatic N) is 1. The van der Waals surface area contributed by atoms with E-state index in [-0.39, 0.29) is 12.3 Å². The number of rotatable bonds is 6. The average Bonchev–Trinajstić information content (AvgIpc) is 3.08. The Bertz CT molecular complexity index is 528. The lowest BCUT2D eigenvalue weighted by Gasteiger charge is -2.19. The first kappa shape index (κ1) is 16.2. The van der Waals surface area contributed by atoms with Crippen LogP contribution in [0.4, 0.5) is 0 Å². The van der Waals surface area contributed by atoms with E-state index in [1.165, 1.54) is 14.2 Å². The van der Waals surface area contributed by atoms with E-state index in [0.717, 1.165) is 6.42 Å². The zero-order valence-corrected chi connectivity index (χ0v) is 12.7. The predicted octanol–water partition coefficient (Wildman–Crippen LogP) is 0.469. The minimum absolute atomic E-state index is 0.238. The van der Waals surface area contributed by atoms with E-state index in [1.807, 2.05) is 0 Å². The summed E-state index contributed by atoms with van der Waals surface area (Å²) in [6.45, 7) is 0.567. The van der Waals surface area contributed by atoms with Crippen LogP contribution in [-0.2, 0) is 25.5 Å². The second-order valence-corrected chi connectivity index (χ2v) is 4.96. The Hall–Kier alpha value is -2.15. The summed E-state index contributed by atoms with van der Waals surface area (Å²) in [5.41, 5.74) is 0.716. The van der Waals surface area contributed by atoms with Crippen LogP contribution in [0.2, 0.25) is 0 Å². The monoisotopic (exact) mass is 308 g/mol. The van der Waals surface area contributed by atoms with Crippen LogP contribution in [0.15, 0.2) is 18.3 Å². The van der Waals surface area contributed by atoms with Gasteiger partial charge in [-0.25, -0.2) is 9.78 Å². The molecule has 22 heavy (non-hydrogen) atoms. The highest BCUT2D eigenvalue weighted by Gasteiger charge is 2.29. The highest BCUT2D eigenvalue weighted by atomic mass is 16.5. The number of nitrogens with one attached hydrogen (secondary N) is 1. The van der Waals surface area contributed by atoms with Crippen LogP contribution in [-0.4, -0.2) is 49.8 Å². The molecule has 2 heterocycles. The van der Waals surface area contributed by atoms with Gasteiger partial charge in [-0.15, -0.1) is 0 Å². The largest absolute Gasteiger partial charge is 0.481 e. The topological polar surface area (TPSA) is 86.8 Å². The molecule has 1 amide bonds. The predicted molar refractivity (Wildman–Crippen MR) is 77.4 cm³/mol. The van der Waals surface area contributed by atoms with Gasteiger partial charge in [0.05, 0.1) is 14.2 Å². The third-order valence-corrected chi connectivity index (χ3v) is 3.49. The molecular formula is C15H20N2O5. The lowest BCUT2D eigenvalue weighted by molar-refractivity contribution is -0.146. The van der Waals surface area contributed by atoms with Gasteiger partial charge < -0.3 is 19.5 Å². The van der Waals surface area contributed by atoms with Crippen molar-refractivity contribution in [2.24, 2.45) is 0 Å². The molecule has 0 unspecified atom stereocenters. The maximum Gasteiger partial charge on any atom is 0.328 e. The first-order chi connectivity index (χ1) is 10.7. The van der Waals surface area contributed by atoms with Gasteiger partial charge in [0.15, 0.2) is 0 Å². The van der Waals surface area contributed by atoms with Crippen molar-refractivity contribution in [1.29, 1.82) is 0 Å². The van der Waals surface area contributed by atoms with Gasteiger partial charge in [0.25, 0.3) is 0 Å². The van der Waals surface area contributed by atoms with E-state index in [1.54, 1.807) is 18.3 Å². The molecular weight excluding hydrogens is 288 g/mol. The second-order valence-electron chi connectivity index (χ2n) is 4.96. The zero-order valence-electron chi connectivity index (χ0n) is 12.7. The fraction of sp³-hybridized carbons (Fsp3) is 0.533. The summed E-state index contributed by atoms with van der Waals surface area (Å²) in [5, 5.41) is 2.69. The molecule has 0 saturated carbocycles. The number of aromatic nitrogens is 1. The summed E-state index contributed by atoms with van der Waals surface area (Å²) in [5.74, 6) is -0.393. The Kier molecular flexibility index (Phi) is 5.71. The summed E-state index contributed by atoms with van der Waals surface area (Å²) in [6.07, 6.45) is 2.85. The van der Waals surface area contributed by atoms with Gasteiger partial charge >= 0.3 is 5.97 Å². The molecule has 2 atom stereocenters. The van der Waals surface area contributed by atoms with Gasteiger partial charge in [0, 0.05) is 24.8 Å². The third-order valence-electron chi connectivity index (χ3n) is 3.49. The number of amides is 1. The molecule has 0 aliphatic carbocycles. The first-order valence-corrected chi connectivity index (χ1v) is 7.13. The number of esters is 1. The van der Waals surface area contributed by atoms with E-state index >= 15 is 0 Å². The van der Waals surface area contributed by atoms with Crippen molar-refractivity contribution in [1.82, 2.24) is 10.3 Å². The van der Waals surface area contributed by atoms with Crippen LogP contribution < -0.4 is 10.1 Å². The molecule has 1 aromatic rings. The Morgan fingerprint density at radius 3 is 2.95 bits per heavy atom. The van der Waals surface area contributed by atoms with Crippen molar-refractivity contribution in [3.8, 4) is 5.88 Å². The van der Waals surface area contributed by atoms with Crippen molar-refractivity contribution in [2.75, 3.05) is 20.8 Å². The van der Waals surface area contributed by atoms with E-state index in [2.05, 4.69) is 10.3 Å². The number of hydrogen-bond donors (Lipinski definition) is 1. The SMILES string of the molecule is COC(=O)[C@@H](Cc1cccnc1OC)NC(=O)[C@H]1CCCO1. The van der Waals surface area contributed by atoms with Crippen molar-refractivity contribution in [2.45, 2.75) is 31.4 Å². The fourth-order valence-electron chi connectivity index (χ4n) is 2.37. The van der Waals surface area contributed by atoms with E-state index in [0.29, 0.717) is 24.5 Å². The number of hydrogen-bond acceptors (Lipinski definition) is 6. The molecule has 1 fully saturated rings. The molecule has 2 rings (SSSR count). The summed E-state index contributed by atoms with van der Waals surface area (Å²) >= 11 is 0. The minimum Gasteiger partial charge on any atom is -0.481 e. The molecule has 0 aromatic carbocycles.